The predicted molar refractivity (Wildman–Crippen MR) is 132 cm³/mol. The Morgan fingerprint density at radius 2 is 0.862 bits per heavy atom. The minimum Gasteiger partial charge on any atom is -0.304 e. The van der Waals surface area contributed by atoms with Gasteiger partial charge in [0.2, 0.25) is 0 Å². The minimum atomic E-state index is 1.21. The van der Waals surface area contributed by atoms with Crippen molar-refractivity contribution >= 4 is 0 Å². The SMILES string of the molecule is CCN(CC)CCCCCCCCCCCCCCCCCCc1ccccc1. The van der Waals surface area contributed by atoms with Crippen molar-refractivity contribution in [3.8, 4) is 0 Å². The molecule has 0 unspecified atom stereocenters. The quantitative estimate of drug-likeness (QED) is 0.186. The molecule has 29 heavy (non-hydrogen) atoms. The molecule has 0 saturated carbocycles. The normalized spacial score (nSPS) is 11.4. The van der Waals surface area contributed by atoms with Gasteiger partial charge in [0.15, 0.2) is 0 Å². The molecule has 0 saturated heterocycles. The van der Waals surface area contributed by atoms with Gasteiger partial charge in [0, 0.05) is 0 Å². The molecule has 0 radical (unpaired) electrons. The van der Waals surface area contributed by atoms with Gasteiger partial charge in [-0.25, -0.2) is 0 Å². The molecule has 0 aromatic heterocycles. The molecule has 0 heterocycles. The fourth-order valence-corrected chi connectivity index (χ4v) is 4.32. The molecule has 0 aliphatic heterocycles. The molecule has 1 aromatic carbocycles. The van der Waals surface area contributed by atoms with Crippen molar-refractivity contribution in [2.24, 2.45) is 0 Å². The van der Waals surface area contributed by atoms with Crippen molar-refractivity contribution in [2.75, 3.05) is 19.6 Å². The molecular formula is C28H51N. The maximum atomic E-state index is 2.55. The molecule has 1 rings (SSSR count). The Kier molecular flexibility index (Phi) is 18.5. The van der Waals surface area contributed by atoms with E-state index in [1.807, 2.05) is 0 Å². The summed E-state index contributed by atoms with van der Waals surface area (Å²) >= 11 is 0. The van der Waals surface area contributed by atoms with E-state index in [-0.39, 0.29) is 0 Å². The first-order valence-electron chi connectivity index (χ1n) is 13.1. The van der Waals surface area contributed by atoms with Gasteiger partial charge in [-0.15, -0.1) is 0 Å². The van der Waals surface area contributed by atoms with E-state index in [0.29, 0.717) is 0 Å². The van der Waals surface area contributed by atoms with E-state index in [2.05, 4.69) is 49.1 Å². The molecule has 0 aliphatic carbocycles. The number of aryl methyl sites for hydroxylation is 1. The molecule has 0 bridgehead atoms. The molecule has 168 valence electrons. The summed E-state index contributed by atoms with van der Waals surface area (Å²) in [6.45, 7) is 8.28. The van der Waals surface area contributed by atoms with Crippen LogP contribution in [0.15, 0.2) is 30.3 Å². The molecule has 0 amide bonds. The number of benzene rings is 1. The minimum absolute atomic E-state index is 1.21. The zero-order valence-corrected chi connectivity index (χ0v) is 20.0. The third kappa shape index (κ3) is 16.6. The summed E-state index contributed by atoms with van der Waals surface area (Å²) in [6.07, 6.45) is 24.4. The smallest absolute Gasteiger partial charge is 0.00190 e. The third-order valence-electron chi connectivity index (χ3n) is 6.43. The van der Waals surface area contributed by atoms with E-state index in [1.165, 1.54) is 134 Å². The Hall–Kier alpha value is -0.820. The summed E-state index contributed by atoms with van der Waals surface area (Å²) in [4.78, 5) is 2.55. The van der Waals surface area contributed by atoms with Crippen LogP contribution in [0, 0.1) is 0 Å². The fourth-order valence-electron chi connectivity index (χ4n) is 4.32. The Balaban J connectivity index is 1.70. The number of hydrogen-bond acceptors (Lipinski definition) is 1. The Morgan fingerprint density at radius 3 is 1.28 bits per heavy atom. The lowest BCUT2D eigenvalue weighted by Gasteiger charge is -2.17. The van der Waals surface area contributed by atoms with E-state index in [9.17, 15) is 0 Å². The molecular weight excluding hydrogens is 350 g/mol. The predicted octanol–water partition coefficient (Wildman–Crippen LogP) is 8.81. The highest BCUT2D eigenvalue weighted by molar-refractivity contribution is 5.14. The average Bonchev–Trinajstić information content (AvgIpc) is 2.76. The summed E-state index contributed by atoms with van der Waals surface area (Å²) in [7, 11) is 0. The van der Waals surface area contributed by atoms with Gasteiger partial charge in [-0.2, -0.15) is 0 Å². The largest absolute Gasteiger partial charge is 0.304 e. The van der Waals surface area contributed by atoms with Gasteiger partial charge in [-0.3, -0.25) is 0 Å². The number of nitrogens with zero attached hydrogens (tertiary/aromatic N) is 1. The third-order valence-corrected chi connectivity index (χ3v) is 6.43. The van der Waals surface area contributed by atoms with Gasteiger partial charge in [-0.1, -0.05) is 134 Å². The van der Waals surface area contributed by atoms with Crippen LogP contribution in [-0.2, 0) is 6.42 Å². The van der Waals surface area contributed by atoms with Crippen molar-refractivity contribution in [3.05, 3.63) is 35.9 Å². The maximum Gasteiger partial charge on any atom is -0.00190 e. The summed E-state index contributed by atoms with van der Waals surface area (Å²) in [5.41, 5.74) is 1.50. The van der Waals surface area contributed by atoms with Crippen LogP contribution in [0.3, 0.4) is 0 Å². The molecule has 0 N–H and O–H groups in total. The second-order valence-electron chi connectivity index (χ2n) is 8.92. The van der Waals surface area contributed by atoms with Crippen LogP contribution in [0.4, 0.5) is 0 Å². The standard InChI is InChI=1S/C28H51N/c1-3-29(4-2)27-23-18-16-14-12-10-8-6-5-7-9-11-13-15-17-20-24-28-25-21-19-22-26-28/h19,21-22,25-26H,3-18,20,23-24,27H2,1-2H3. The van der Waals surface area contributed by atoms with Gasteiger partial charge < -0.3 is 4.90 Å². The van der Waals surface area contributed by atoms with Crippen LogP contribution in [0.2, 0.25) is 0 Å². The first kappa shape index (κ1) is 26.2. The Bertz CT molecular complexity index is 423. The molecule has 0 atom stereocenters. The molecule has 1 nitrogen and oxygen atoms in total. The van der Waals surface area contributed by atoms with Crippen LogP contribution >= 0.6 is 0 Å². The van der Waals surface area contributed by atoms with Crippen molar-refractivity contribution in [1.29, 1.82) is 0 Å². The monoisotopic (exact) mass is 401 g/mol. The molecule has 1 heteroatoms. The Morgan fingerprint density at radius 1 is 0.483 bits per heavy atom. The first-order chi connectivity index (χ1) is 14.4. The molecule has 0 aliphatic rings. The van der Waals surface area contributed by atoms with Crippen molar-refractivity contribution in [2.45, 2.75) is 123 Å². The molecule has 1 aromatic rings. The van der Waals surface area contributed by atoms with Gasteiger partial charge in [0.25, 0.3) is 0 Å². The van der Waals surface area contributed by atoms with E-state index in [1.54, 1.807) is 0 Å². The summed E-state index contributed by atoms with van der Waals surface area (Å²) < 4.78 is 0. The highest BCUT2D eigenvalue weighted by atomic mass is 15.1. The fraction of sp³-hybridized carbons (Fsp3) is 0.786. The highest BCUT2D eigenvalue weighted by Crippen LogP contribution is 2.14. The summed E-state index contributed by atoms with van der Waals surface area (Å²) in [6, 6.07) is 10.9. The van der Waals surface area contributed by atoms with Gasteiger partial charge in [0.05, 0.1) is 0 Å². The maximum absolute atomic E-state index is 2.55. The van der Waals surface area contributed by atoms with Crippen LogP contribution in [0.1, 0.15) is 122 Å². The lowest BCUT2D eigenvalue weighted by molar-refractivity contribution is 0.295. The van der Waals surface area contributed by atoms with Crippen molar-refractivity contribution in [1.82, 2.24) is 4.90 Å². The van der Waals surface area contributed by atoms with E-state index >= 15 is 0 Å². The van der Waals surface area contributed by atoms with Crippen molar-refractivity contribution < 1.29 is 0 Å². The lowest BCUT2D eigenvalue weighted by atomic mass is 10.0. The van der Waals surface area contributed by atoms with E-state index in [0.717, 1.165) is 0 Å². The van der Waals surface area contributed by atoms with E-state index < -0.39 is 0 Å². The Labute approximate surface area is 183 Å². The van der Waals surface area contributed by atoms with Crippen molar-refractivity contribution in [3.63, 3.8) is 0 Å². The van der Waals surface area contributed by atoms with Crippen LogP contribution in [0.25, 0.3) is 0 Å². The van der Waals surface area contributed by atoms with Crippen LogP contribution < -0.4 is 0 Å². The highest BCUT2D eigenvalue weighted by Gasteiger charge is 1.98. The zero-order chi connectivity index (χ0) is 20.8. The van der Waals surface area contributed by atoms with Gasteiger partial charge in [0.1, 0.15) is 0 Å². The van der Waals surface area contributed by atoms with Crippen LogP contribution in [-0.4, -0.2) is 24.5 Å². The topological polar surface area (TPSA) is 3.24 Å². The number of unbranched alkanes of at least 4 members (excludes halogenated alkanes) is 15. The lowest BCUT2D eigenvalue weighted by Crippen LogP contribution is -2.23. The van der Waals surface area contributed by atoms with E-state index in [4.69, 9.17) is 0 Å². The zero-order valence-electron chi connectivity index (χ0n) is 20.0. The first-order valence-corrected chi connectivity index (χ1v) is 13.1. The summed E-state index contributed by atoms with van der Waals surface area (Å²) in [5.74, 6) is 0. The van der Waals surface area contributed by atoms with Gasteiger partial charge >= 0.3 is 0 Å². The number of rotatable bonds is 21. The molecule has 0 spiro atoms. The van der Waals surface area contributed by atoms with Crippen LogP contribution in [0.5, 0.6) is 0 Å². The number of hydrogen-bond donors (Lipinski definition) is 0. The van der Waals surface area contributed by atoms with Gasteiger partial charge in [-0.05, 0) is 44.5 Å². The molecule has 0 fully saturated rings. The second kappa shape index (κ2) is 20.5. The summed E-state index contributed by atoms with van der Waals surface area (Å²) in [5, 5.41) is 0. The average molecular weight is 402 g/mol. The second-order valence-corrected chi connectivity index (χ2v) is 8.92.